The normalized spacial score (nSPS) is 20.0. The molecule has 10 heteroatoms. The van der Waals surface area contributed by atoms with Crippen molar-refractivity contribution >= 4 is 11.6 Å². The number of aryl methyl sites for hydroxylation is 1. The number of likely N-dealkylation sites (tertiary alicyclic amines) is 1. The Bertz CT molecular complexity index is 828. The minimum absolute atomic E-state index is 0.00860. The average Bonchev–Trinajstić information content (AvgIpc) is 3.31. The molecule has 26 heavy (non-hydrogen) atoms. The maximum Gasteiger partial charge on any atom is 0.307 e. The highest BCUT2D eigenvalue weighted by Crippen LogP contribution is 2.32. The maximum atomic E-state index is 12.8. The highest BCUT2D eigenvalue weighted by Gasteiger charge is 2.34. The fraction of sp³-hybridized carbons (Fsp3) is 0.625. The fourth-order valence-corrected chi connectivity index (χ4v) is 3.85. The minimum atomic E-state index is -0.516. The molecule has 1 amide bonds. The number of nitrogens with zero attached hydrogens (tertiary/aromatic N) is 7. The van der Waals surface area contributed by atoms with Gasteiger partial charge in [-0.2, -0.15) is 5.10 Å². The number of nitro groups is 1. The number of hydrogen-bond acceptors (Lipinski definition) is 6. The summed E-state index contributed by atoms with van der Waals surface area (Å²) in [6.07, 6.45) is 8.58. The average molecular weight is 359 g/mol. The quantitative estimate of drug-likeness (QED) is 0.603. The van der Waals surface area contributed by atoms with Gasteiger partial charge < -0.3 is 9.47 Å². The lowest BCUT2D eigenvalue weighted by atomic mass is 10.2. The van der Waals surface area contributed by atoms with Crippen LogP contribution in [0, 0.1) is 10.1 Å². The molecule has 1 fully saturated rings. The van der Waals surface area contributed by atoms with Crippen molar-refractivity contribution < 1.29 is 9.72 Å². The number of carbonyl (C=O) groups is 1. The Balaban J connectivity index is 1.52. The largest absolute Gasteiger partial charge is 0.331 e. The molecule has 2 aromatic heterocycles. The first-order valence-corrected chi connectivity index (χ1v) is 9.02. The van der Waals surface area contributed by atoms with E-state index < -0.39 is 4.92 Å². The lowest BCUT2D eigenvalue weighted by Crippen LogP contribution is -2.34. The van der Waals surface area contributed by atoms with Crippen LogP contribution in [0.25, 0.3) is 0 Å². The van der Waals surface area contributed by atoms with Crippen LogP contribution in [0.5, 0.6) is 0 Å². The lowest BCUT2D eigenvalue weighted by molar-refractivity contribution is -0.385. The Labute approximate surface area is 149 Å². The second-order valence-corrected chi connectivity index (χ2v) is 6.84. The molecule has 0 N–H and O–H groups in total. The predicted octanol–water partition coefficient (Wildman–Crippen LogP) is 1.47. The van der Waals surface area contributed by atoms with Crippen LogP contribution in [-0.4, -0.2) is 46.8 Å². The van der Waals surface area contributed by atoms with Crippen LogP contribution in [0.3, 0.4) is 0 Å². The van der Waals surface area contributed by atoms with Gasteiger partial charge in [-0.1, -0.05) is 6.42 Å². The van der Waals surface area contributed by atoms with Crippen molar-refractivity contribution in [1.29, 1.82) is 0 Å². The standard InChI is InChI=1S/C16H21N7O3/c24-15(11-20-10-12(9-17-20)23(25)26)21-8-4-5-13(21)16-19-18-14-6-2-1-3-7-22(14)16/h9-10,13H,1-8,11H2/t13-/m0/s1. The van der Waals surface area contributed by atoms with Gasteiger partial charge in [-0.15, -0.1) is 10.2 Å². The second kappa shape index (κ2) is 6.85. The van der Waals surface area contributed by atoms with Gasteiger partial charge in [0.05, 0.1) is 11.0 Å². The van der Waals surface area contributed by atoms with E-state index in [2.05, 4.69) is 19.9 Å². The summed E-state index contributed by atoms with van der Waals surface area (Å²) < 4.78 is 3.50. The van der Waals surface area contributed by atoms with Gasteiger partial charge in [-0.3, -0.25) is 19.6 Å². The van der Waals surface area contributed by atoms with E-state index in [1.54, 1.807) is 0 Å². The van der Waals surface area contributed by atoms with Gasteiger partial charge >= 0.3 is 5.69 Å². The summed E-state index contributed by atoms with van der Waals surface area (Å²) in [5.74, 6) is 1.79. The zero-order valence-electron chi connectivity index (χ0n) is 14.5. The summed E-state index contributed by atoms with van der Waals surface area (Å²) in [5, 5.41) is 23.4. The Hall–Kier alpha value is -2.78. The monoisotopic (exact) mass is 359 g/mol. The molecule has 4 rings (SSSR count). The molecule has 2 aliphatic rings. The summed E-state index contributed by atoms with van der Waals surface area (Å²) >= 11 is 0. The molecule has 0 unspecified atom stereocenters. The Morgan fingerprint density at radius 2 is 2.12 bits per heavy atom. The van der Waals surface area contributed by atoms with Gasteiger partial charge in [-0.25, -0.2) is 0 Å². The first-order valence-electron chi connectivity index (χ1n) is 9.02. The number of aromatic nitrogens is 5. The van der Waals surface area contributed by atoms with Crippen molar-refractivity contribution in [3.05, 3.63) is 34.2 Å². The van der Waals surface area contributed by atoms with Crippen molar-refractivity contribution in [2.75, 3.05) is 6.54 Å². The van der Waals surface area contributed by atoms with Gasteiger partial charge in [0, 0.05) is 19.5 Å². The molecule has 1 saturated heterocycles. The molecule has 0 aromatic carbocycles. The van der Waals surface area contributed by atoms with Crippen molar-refractivity contribution in [3.8, 4) is 0 Å². The number of rotatable bonds is 4. The van der Waals surface area contributed by atoms with E-state index >= 15 is 0 Å². The summed E-state index contributed by atoms with van der Waals surface area (Å²) in [6, 6.07) is -0.0765. The van der Waals surface area contributed by atoms with Gasteiger partial charge in [0.15, 0.2) is 5.82 Å². The van der Waals surface area contributed by atoms with Crippen LogP contribution in [0.1, 0.15) is 49.8 Å². The van der Waals surface area contributed by atoms with E-state index in [-0.39, 0.29) is 24.2 Å². The van der Waals surface area contributed by atoms with Crippen LogP contribution in [0.4, 0.5) is 5.69 Å². The van der Waals surface area contributed by atoms with Crippen molar-refractivity contribution in [2.24, 2.45) is 0 Å². The molecule has 10 nitrogen and oxygen atoms in total. The molecule has 0 spiro atoms. The molecule has 0 saturated carbocycles. The van der Waals surface area contributed by atoms with Crippen LogP contribution in [0.2, 0.25) is 0 Å². The highest BCUT2D eigenvalue weighted by molar-refractivity contribution is 5.76. The topological polar surface area (TPSA) is 112 Å². The van der Waals surface area contributed by atoms with Crippen molar-refractivity contribution in [2.45, 2.75) is 57.7 Å². The molecular formula is C16H21N7O3. The van der Waals surface area contributed by atoms with E-state index in [9.17, 15) is 14.9 Å². The molecular weight excluding hydrogens is 338 g/mol. The Morgan fingerprint density at radius 3 is 2.92 bits per heavy atom. The van der Waals surface area contributed by atoms with E-state index in [4.69, 9.17) is 0 Å². The molecule has 0 aliphatic carbocycles. The molecule has 1 atom stereocenters. The highest BCUT2D eigenvalue weighted by atomic mass is 16.6. The molecule has 4 heterocycles. The summed E-state index contributed by atoms with van der Waals surface area (Å²) in [4.78, 5) is 24.8. The lowest BCUT2D eigenvalue weighted by Gasteiger charge is -2.24. The number of hydrogen-bond donors (Lipinski definition) is 0. The second-order valence-electron chi connectivity index (χ2n) is 6.84. The van der Waals surface area contributed by atoms with E-state index in [0.29, 0.717) is 6.54 Å². The molecule has 2 aliphatic heterocycles. The minimum Gasteiger partial charge on any atom is -0.331 e. The van der Waals surface area contributed by atoms with Crippen molar-refractivity contribution in [1.82, 2.24) is 29.4 Å². The number of amides is 1. The predicted molar refractivity (Wildman–Crippen MR) is 90.1 cm³/mol. The van der Waals surface area contributed by atoms with Crippen LogP contribution >= 0.6 is 0 Å². The van der Waals surface area contributed by atoms with E-state index in [0.717, 1.165) is 56.5 Å². The zero-order chi connectivity index (χ0) is 18.1. The summed E-state index contributed by atoms with van der Waals surface area (Å²) in [7, 11) is 0. The van der Waals surface area contributed by atoms with Crippen molar-refractivity contribution in [3.63, 3.8) is 0 Å². The summed E-state index contributed by atoms with van der Waals surface area (Å²) in [6.45, 7) is 1.56. The molecule has 2 aromatic rings. The number of carbonyl (C=O) groups excluding carboxylic acids is 1. The van der Waals surface area contributed by atoms with Crippen LogP contribution in [0.15, 0.2) is 12.4 Å². The Kier molecular flexibility index (Phi) is 4.39. The van der Waals surface area contributed by atoms with E-state index in [1.165, 1.54) is 17.3 Å². The summed E-state index contributed by atoms with van der Waals surface area (Å²) in [5.41, 5.74) is -0.112. The van der Waals surface area contributed by atoms with Crippen LogP contribution < -0.4 is 0 Å². The van der Waals surface area contributed by atoms with Gasteiger partial charge in [0.25, 0.3) is 0 Å². The van der Waals surface area contributed by atoms with Gasteiger partial charge in [0.2, 0.25) is 5.91 Å². The smallest absolute Gasteiger partial charge is 0.307 e. The maximum absolute atomic E-state index is 12.8. The van der Waals surface area contributed by atoms with Gasteiger partial charge in [-0.05, 0) is 25.7 Å². The SMILES string of the molecule is O=C(Cn1cc([N+](=O)[O-])cn1)N1CCC[C@H]1c1nnc2n1CCCCC2. The molecule has 138 valence electrons. The third-order valence-electron chi connectivity index (χ3n) is 5.14. The van der Waals surface area contributed by atoms with E-state index in [1.807, 2.05) is 4.90 Å². The fourth-order valence-electron chi connectivity index (χ4n) is 3.85. The third-order valence-corrected chi connectivity index (χ3v) is 5.14. The van der Waals surface area contributed by atoms with Crippen LogP contribution in [-0.2, 0) is 24.3 Å². The molecule has 0 radical (unpaired) electrons. The number of fused-ring (bicyclic) bond motifs is 1. The zero-order valence-corrected chi connectivity index (χ0v) is 14.5. The first-order chi connectivity index (χ1) is 12.6. The van der Waals surface area contributed by atoms with Gasteiger partial charge in [0.1, 0.15) is 24.8 Å². The third kappa shape index (κ3) is 3.06. The first kappa shape index (κ1) is 16.7. The Morgan fingerprint density at radius 1 is 1.23 bits per heavy atom. The molecule has 0 bridgehead atoms.